The zero-order valence-electron chi connectivity index (χ0n) is 9.87. The molecule has 0 bridgehead atoms. The predicted octanol–water partition coefficient (Wildman–Crippen LogP) is 3.52. The minimum atomic E-state index is -0.225. The first-order chi connectivity index (χ1) is 8.16. The molecule has 0 aliphatic rings. The number of hydrogen-bond acceptors (Lipinski definition) is 3. The van der Waals surface area contributed by atoms with Gasteiger partial charge in [0.15, 0.2) is 0 Å². The number of hydrogen-bond donors (Lipinski definition) is 0. The van der Waals surface area contributed by atoms with Crippen molar-refractivity contribution < 1.29 is 9.13 Å². The molecule has 0 fully saturated rings. The maximum Gasteiger partial charge on any atom is 0.129 e. The Morgan fingerprint density at radius 2 is 2.18 bits per heavy atom. The minimum absolute atomic E-state index is 0.225. The van der Waals surface area contributed by atoms with E-state index in [4.69, 9.17) is 4.74 Å². The van der Waals surface area contributed by atoms with Crippen molar-refractivity contribution in [3.05, 3.63) is 45.7 Å². The van der Waals surface area contributed by atoms with Crippen molar-refractivity contribution in [2.45, 2.75) is 20.3 Å². The van der Waals surface area contributed by atoms with Crippen molar-refractivity contribution in [2.75, 3.05) is 6.61 Å². The molecule has 0 aliphatic heterocycles. The van der Waals surface area contributed by atoms with Gasteiger partial charge in [0.1, 0.15) is 11.6 Å². The molecule has 1 aromatic heterocycles. The minimum Gasteiger partial charge on any atom is -0.493 e. The molecule has 0 saturated carbocycles. The van der Waals surface area contributed by atoms with E-state index in [-0.39, 0.29) is 5.82 Å². The molecule has 2 nitrogen and oxygen atoms in total. The van der Waals surface area contributed by atoms with Gasteiger partial charge in [-0.05, 0) is 25.5 Å². The van der Waals surface area contributed by atoms with E-state index in [1.54, 1.807) is 30.4 Å². The fraction of sp³-hybridized carbons (Fsp3) is 0.308. The first-order valence-electron chi connectivity index (χ1n) is 5.45. The quantitative estimate of drug-likeness (QED) is 0.829. The Balaban J connectivity index is 1.90. The summed E-state index contributed by atoms with van der Waals surface area (Å²) in [6, 6.07) is 4.94. The van der Waals surface area contributed by atoms with Gasteiger partial charge in [-0.2, -0.15) is 0 Å². The highest BCUT2D eigenvalue weighted by molar-refractivity contribution is 7.09. The average Bonchev–Trinajstić information content (AvgIpc) is 2.70. The van der Waals surface area contributed by atoms with Crippen molar-refractivity contribution in [1.29, 1.82) is 0 Å². The van der Waals surface area contributed by atoms with E-state index in [9.17, 15) is 4.39 Å². The first-order valence-corrected chi connectivity index (χ1v) is 6.32. The van der Waals surface area contributed by atoms with Crippen molar-refractivity contribution in [3.63, 3.8) is 0 Å². The third-order valence-corrected chi connectivity index (χ3v) is 3.58. The molecule has 0 unspecified atom stereocenters. The number of aryl methyl sites for hydroxylation is 2. The molecule has 2 aromatic rings. The molecule has 4 heteroatoms. The summed E-state index contributed by atoms with van der Waals surface area (Å²) in [4.78, 5) is 5.39. The topological polar surface area (TPSA) is 22.1 Å². The Hall–Kier alpha value is -1.42. The summed E-state index contributed by atoms with van der Waals surface area (Å²) in [7, 11) is 0. The van der Waals surface area contributed by atoms with Crippen molar-refractivity contribution in [2.24, 2.45) is 0 Å². The average molecular weight is 251 g/mol. The fourth-order valence-corrected chi connectivity index (χ4v) is 2.25. The van der Waals surface area contributed by atoms with Gasteiger partial charge < -0.3 is 4.74 Å². The second kappa shape index (κ2) is 5.27. The third kappa shape index (κ3) is 3.03. The van der Waals surface area contributed by atoms with Gasteiger partial charge in [0.2, 0.25) is 0 Å². The van der Waals surface area contributed by atoms with Crippen LogP contribution in [0.5, 0.6) is 5.75 Å². The number of benzene rings is 1. The molecule has 90 valence electrons. The summed E-state index contributed by atoms with van der Waals surface area (Å²) < 4.78 is 18.8. The lowest BCUT2D eigenvalue weighted by Crippen LogP contribution is -2.01. The van der Waals surface area contributed by atoms with Crippen molar-refractivity contribution in [1.82, 2.24) is 4.98 Å². The number of halogens is 1. The second-order valence-electron chi connectivity index (χ2n) is 3.87. The van der Waals surface area contributed by atoms with Crippen LogP contribution in [-0.4, -0.2) is 11.6 Å². The van der Waals surface area contributed by atoms with E-state index in [1.165, 1.54) is 10.9 Å². The van der Waals surface area contributed by atoms with E-state index in [0.29, 0.717) is 17.9 Å². The van der Waals surface area contributed by atoms with Gasteiger partial charge in [-0.15, -0.1) is 11.3 Å². The van der Waals surface area contributed by atoms with Gasteiger partial charge in [0.25, 0.3) is 0 Å². The Labute approximate surface area is 104 Å². The molecule has 0 atom stereocenters. The number of aromatic nitrogens is 1. The molecule has 0 saturated heterocycles. The molecular formula is C13H14FNOS. The lowest BCUT2D eigenvalue weighted by molar-refractivity contribution is 0.321. The van der Waals surface area contributed by atoms with E-state index < -0.39 is 0 Å². The van der Waals surface area contributed by atoms with Crippen LogP contribution < -0.4 is 4.74 Å². The van der Waals surface area contributed by atoms with Crippen LogP contribution in [0.2, 0.25) is 0 Å². The largest absolute Gasteiger partial charge is 0.493 e. The number of rotatable bonds is 4. The Morgan fingerprint density at radius 1 is 1.35 bits per heavy atom. The number of nitrogens with zero attached hydrogens (tertiary/aromatic N) is 1. The van der Waals surface area contributed by atoms with Crippen LogP contribution in [0.4, 0.5) is 4.39 Å². The van der Waals surface area contributed by atoms with Crippen LogP contribution in [0.3, 0.4) is 0 Å². The second-order valence-corrected chi connectivity index (χ2v) is 4.81. The summed E-state index contributed by atoms with van der Waals surface area (Å²) >= 11 is 1.63. The summed E-state index contributed by atoms with van der Waals surface area (Å²) in [5, 5.41) is 0. The van der Waals surface area contributed by atoms with Gasteiger partial charge in [-0.3, -0.25) is 0 Å². The molecule has 1 aromatic carbocycles. The van der Waals surface area contributed by atoms with E-state index >= 15 is 0 Å². The predicted molar refractivity (Wildman–Crippen MR) is 67.2 cm³/mol. The van der Waals surface area contributed by atoms with E-state index in [2.05, 4.69) is 4.98 Å². The Kier molecular flexibility index (Phi) is 3.74. The number of ether oxygens (including phenoxy) is 1. The normalized spacial score (nSPS) is 10.5. The highest BCUT2D eigenvalue weighted by Crippen LogP contribution is 2.17. The molecule has 17 heavy (non-hydrogen) atoms. The van der Waals surface area contributed by atoms with Gasteiger partial charge in [-0.25, -0.2) is 9.37 Å². The van der Waals surface area contributed by atoms with Gasteiger partial charge in [-0.1, -0.05) is 6.07 Å². The van der Waals surface area contributed by atoms with E-state index in [0.717, 1.165) is 12.1 Å². The summed E-state index contributed by atoms with van der Waals surface area (Å²) in [5.41, 5.74) is 3.51. The molecule has 0 N–H and O–H groups in total. The first kappa shape index (κ1) is 12.0. The lowest BCUT2D eigenvalue weighted by atomic mass is 10.2. The van der Waals surface area contributed by atoms with Crippen LogP contribution in [-0.2, 0) is 6.42 Å². The van der Waals surface area contributed by atoms with Gasteiger partial charge in [0, 0.05) is 17.4 Å². The van der Waals surface area contributed by atoms with Crippen LogP contribution in [0.25, 0.3) is 0 Å². The molecule has 0 radical (unpaired) electrons. The summed E-state index contributed by atoms with van der Waals surface area (Å²) in [6.07, 6.45) is 0.812. The van der Waals surface area contributed by atoms with Gasteiger partial charge >= 0.3 is 0 Å². The lowest BCUT2D eigenvalue weighted by Gasteiger charge is -2.06. The molecule has 0 spiro atoms. The zero-order valence-corrected chi connectivity index (χ0v) is 10.7. The number of thiazole rings is 1. The van der Waals surface area contributed by atoms with Crippen LogP contribution in [0.15, 0.2) is 23.7 Å². The molecule has 2 rings (SSSR count). The maximum absolute atomic E-state index is 13.3. The Bertz CT molecular complexity index is 510. The standard InChI is InChI=1S/C13H14FNOS/c1-9-3-4-11(7-12(9)14)16-6-5-13-10(2)15-8-17-13/h3-4,7-8H,5-6H2,1-2H3. The SMILES string of the molecule is Cc1ccc(OCCc2scnc2C)cc1F. The van der Waals surface area contributed by atoms with Crippen LogP contribution >= 0.6 is 11.3 Å². The molecule has 1 heterocycles. The highest BCUT2D eigenvalue weighted by Gasteiger charge is 2.03. The van der Waals surface area contributed by atoms with Crippen molar-refractivity contribution >= 4 is 11.3 Å². The third-order valence-electron chi connectivity index (χ3n) is 2.59. The van der Waals surface area contributed by atoms with Crippen LogP contribution in [0, 0.1) is 19.7 Å². The zero-order chi connectivity index (χ0) is 12.3. The fourth-order valence-electron chi connectivity index (χ4n) is 1.49. The molecule has 0 amide bonds. The smallest absolute Gasteiger partial charge is 0.129 e. The van der Waals surface area contributed by atoms with E-state index in [1.807, 2.05) is 12.4 Å². The molecular weight excluding hydrogens is 237 g/mol. The van der Waals surface area contributed by atoms with Crippen LogP contribution in [0.1, 0.15) is 16.1 Å². The maximum atomic E-state index is 13.3. The summed E-state index contributed by atoms with van der Waals surface area (Å²) in [5.74, 6) is 0.353. The molecule has 0 aliphatic carbocycles. The highest BCUT2D eigenvalue weighted by atomic mass is 32.1. The monoisotopic (exact) mass is 251 g/mol. The Morgan fingerprint density at radius 3 is 2.82 bits per heavy atom. The van der Waals surface area contributed by atoms with Gasteiger partial charge in [0.05, 0.1) is 17.8 Å². The van der Waals surface area contributed by atoms with Crippen molar-refractivity contribution in [3.8, 4) is 5.75 Å². The summed E-state index contributed by atoms with van der Waals surface area (Å²) in [6.45, 7) is 4.27.